The van der Waals surface area contributed by atoms with Gasteiger partial charge in [0.15, 0.2) is 0 Å². The SMILES string of the molecule is CCCCCCN1CCNCC1C(=O)N(C)C. The van der Waals surface area contributed by atoms with Crippen molar-refractivity contribution in [2.24, 2.45) is 0 Å². The Kier molecular flexibility index (Phi) is 6.52. The number of piperazine rings is 1. The predicted molar refractivity (Wildman–Crippen MR) is 71.1 cm³/mol. The van der Waals surface area contributed by atoms with Gasteiger partial charge < -0.3 is 10.2 Å². The van der Waals surface area contributed by atoms with Gasteiger partial charge >= 0.3 is 0 Å². The summed E-state index contributed by atoms with van der Waals surface area (Å²) in [5.41, 5.74) is 0. The third-order valence-electron chi connectivity index (χ3n) is 3.38. The minimum atomic E-state index is 0.0420. The number of nitrogens with zero attached hydrogens (tertiary/aromatic N) is 2. The fourth-order valence-corrected chi connectivity index (χ4v) is 2.30. The molecule has 100 valence electrons. The second-order valence-electron chi connectivity index (χ2n) is 5.05. The topological polar surface area (TPSA) is 35.6 Å². The molecule has 17 heavy (non-hydrogen) atoms. The summed E-state index contributed by atoms with van der Waals surface area (Å²) < 4.78 is 0. The van der Waals surface area contributed by atoms with E-state index < -0.39 is 0 Å². The predicted octanol–water partition coefficient (Wildman–Crippen LogP) is 0.929. The van der Waals surface area contributed by atoms with Gasteiger partial charge in [0, 0.05) is 33.7 Å². The minimum Gasteiger partial charge on any atom is -0.347 e. The molecule has 1 saturated heterocycles. The highest BCUT2D eigenvalue weighted by molar-refractivity contribution is 5.81. The van der Waals surface area contributed by atoms with Gasteiger partial charge in [-0.2, -0.15) is 0 Å². The fourth-order valence-electron chi connectivity index (χ4n) is 2.30. The van der Waals surface area contributed by atoms with Crippen molar-refractivity contribution >= 4 is 5.91 Å². The molecular weight excluding hydrogens is 214 g/mol. The number of hydrogen-bond donors (Lipinski definition) is 1. The molecule has 1 aliphatic heterocycles. The van der Waals surface area contributed by atoms with Crippen molar-refractivity contribution in [3.05, 3.63) is 0 Å². The Morgan fingerprint density at radius 2 is 2.12 bits per heavy atom. The third-order valence-corrected chi connectivity index (χ3v) is 3.38. The Morgan fingerprint density at radius 3 is 2.76 bits per heavy atom. The van der Waals surface area contributed by atoms with Crippen LogP contribution in [0.1, 0.15) is 32.6 Å². The number of rotatable bonds is 6. The maximum atomic E-state index is 12.0. The molecule has 1 unspecified atom stereocenters. The van der Waals surface area contributed by atoms with Gasteiger partial charge in [0.2, 0.25) is 5.91 Å². The smallest absolute Gasteiger partial charge is 0.240 e. The summed E-state index contributed by atoms with van der Waals surface area (Å²) in [6.07, 6.45) is 5.06. The lowest BCUT2D eigenvalue weighted by Gasteiger charge is -2.36. The van der Waals surface area contributed by atoms with Gasteiger partial charge in [-0.15, -0.1) is 0 Å². The largest absolute Gasteiger partial charge is 0.347 e. The van der Waals surface area contributed by atoms with Crippen molar-refractivity contribution < 1.29 is 4.79 Å². The molecule has 1 heterocycles. The molecule has 0 aromatic heterocycles. The van der Waals surface area contributed by atoms with Crippen molar-refractivity contribution in [1.29, 1.82) is 0 Å². The van der Waals surface area contributed by atoms with Gasteiger partial charge in [-0.05, 0) is 13.0 Å². The molecule has 4 nitrogen and oxygen atoms in total. The Hall–Kier alpha value is -0.610. The monoisotopic (exact) mass is 241 g/mol. The van der Waals surface area contributed by atoms with E-state index in [4.69, 9.17) is 0 Å². The van der Waals surface area contributed by atoms with Crippen LogP contribution in [0.3, 0.4) is 0 Å². The van der Waals surface area contributed by atoms with Crippen LogP contribution in [0, 0.1) is 0 Å². The van der Waals surface area contributed by atoms with Gasteiger partial charge in [-0.1, -0.05) is 26.2 Å². The van der Waals surface area contributed by atoms with Gasteiger partial charge in [0.05, 0.1) is 0 Å². The van der Waals surface area contributed by atoms with Crippen LogP contribution in [0.15, 0.2) is 0 Å². The Labute approximate surface area is 105 Å². The quantitative estimate of drug-likeness (QED) is 0.703. The van der Waals surface area contributed by atoms with Gasteiger partial charge in [-0.3, -0.25) is 9.69 Å². The van der Waals surface area contributed by atoms with Gasteiger partial charge in [0.1, 0.15) is 6.04 Å². The van der Waals surface area contributed by atoms with E-state index in [1.807, 2.05) is 14.1 Å². The molecule has 1 fully saturated rings. The van der Waals surface area contributed by atoms with E-state index in [0.29, 0.717) is 0 Å². The van der Waals surface area contributed by atoms with E-state index in [0.717, 1.165) is 26.2 Å². The van der Waals surface area contributed by atoms with Crippen molar-refractivity contribution in [2.75, 3.05) is 40.3 Å². The molecule has 1 atom stereocenters. The lowest BCUT2D eigenvalue weighted by Crippen LogP contribution is -2.57. The van der Waals surface area contributed by atoms with Crippen molar-refractivity contribution in [3.8, 4) is 0 Å². The maximum absolute atomic E-state index is 12.0. The zero-order valence-electron chi connectivity index (χ0n) is 11.5. The summed E-state index contributed by atoms with van der Waals surface area (Å²) in [4.78, 5) is 16.1. The standard InChI is InChI=1S/C13H27N3O/c1-4-5-6-7-9-16-10-8-14-11-12(16)13(17)15(2)3/h12,14H,4-11H2,1-3H3. The zero-order valence-corrected chi connectivity index (χ0v) is 11.5. The first kappa shape index (κ1) is 14.5. The van der Waals surface area contributed by atoms with Crippen LogP contribution in [-0.2, 0) is 4.79 Å². The van der Waals surface area contributed by atoms with Crippen LogP contribution >= 0.6 is 0 Å². The molecule has 0 saturated carbocycles. The second-order valence-corrected chi connectivity index (χ2v) is 5.05. The highest BCUT2D eigenvalue weighted by atomic mass is 16.2. The number of carbonyl (C=O) groups excluding carboxylic acids is 1. The summed E-state index contributed by atoms with van der Waals surface area (Å²) in [6, 6.07) is 0.0420. The molecule has 0 aromatic rings. The molecule has 4 heteroatoms. The van der Waals surface area contributed by atoms with Crippen LogP contribution in [0.4, 0.5) is 0 Å². The van der Waals surface area contributed by atoms with Crippen LogP contribution in [0.5, 0.6) is 0 Å². The van der Waals surface area contributed by atoms with Crippen LogP contribution < -0.4 is 5.32 Å². The highest BCUT2D eigenvalue weighted by Gasteiger charge is 2.28. The molecule has 1 aliphatic rings. The maximum Gasteiger partial charge on any atom is 0.240 e. The Morgan fingerprint density at radius 1 is 1.35 bits per heavy atom. The van der Waals surface area contributed by atoms with Gasteiger partial charge in [0.25, 0.3) is 0 Å². The molecule has 1 rings (SSSR count). The molecule has 0 aromatic carbocycles. The molecule has 1 amide bonds. The number of unbranched alkanes of at least 4 members (excludes halogenated alkanes) is 3. The minimum absolute atomic E-state index is 0.0420. The Balaban J connectivity index is 2.40. The molecule has 0 radical (unpaired) electrons. The fraction of sp³-hybridized carbons (Fsp3) is 0.923. The van der Waals surface area contributed by atoms with E-state index in [2.05, 4.69) is 17.1 Å². The highest BCUT2D eigenvalue weighted by Crippen LogP contribution is 2.09. The molecule has 1 N–H and O–H groups in total. The first-order chi connectivity index (χ1) is 8.16. The summed E-state index contributed by atoms with van der Waals surface area (Å²) in [5, 5.41) is 3.31. The number of carbonyl (C=O) groups is 1. The first-order valence-electron chi connectivity index (χ1n) is 6.82. The average molecular weight is 241 g/mol. The van der Waals surface area contributed by atoms with E-state index in [9.17, 15) is 4.79 Å². The number of hydrogen-bond acceptors (Lipinski definition) is 3. The van der Waals surface area contributed by atoms with Gasteiger partial charge in [-0.25, -0.2) is 0 Å². The first-order valence-corrected chi connectivity index (χ1v) is 6.82. The molecular formula is C13H27N3O. The van der Waals surface area contributed by atoms with Crippen LogP contribution in [0.25, 0.3) is 0 Å². The summed E-state index contributed by atoms with van der Waals surface area (Å²) >= 11 is 0. The van der Waals surface area contributed by atoms with Crippen molar-refractivity contribution in [1.82, 2.24) is 15.1 Å². The lowest BCUT2D eigenvalue weighted by molar-refractivity contribution is -0.135. The average Bonchev–Trinajstić information content (AvgIpc) is 2.34. The third kappa shape index (κ3) is 4.64. The molecule has 0 aliphatic carbocycles. The Bertz CT molecular complexity index is 231. The van der Waals surface area contributed by atoms with E-state index in [-0.39, 0.29) is 11.9 Å². The summed E-state index contributed by atoms with van der Waals surface area (Å²) in [7, 11) is 3.68. The number of likely N-dealkylation sites (N-methyl/N-ethyl adjacent to an activating group) is 1. The zero-order chi connectivity index (χ0) is 12.7. The summed E-state index contributed by atoms with van der Waals surface area (Å²) in [5.74, 6) is 0.229. The van der Waals surface area contributed by atoms with Crippen molar-refractivity contribution in [3.63, 3.8) is 0 Å². The number of nitrogens with one attached hydrogen (secondary N) is 1. The summed E-state index contributed by atoms with van der Waals surface area (Å²) in [6.45, 7) is 6.08. The lowest BCUT2D eigenvalue weighted by atomic mass is 10.1. The van der Waals surface area contributed by atoms with Crippen LogP contribution in [-0.4, -0.2) is 62.0 Å². The normalized spacial score (nSPS) is 21.5. The van der Waals surface area contributed by atoms with E-state index >= 15 is 0 Å². The van der Waals surface area contributed by atoms with E-state index in [1.54, 1.807) is 4.90 Å². The molecule has 0 spiro atoms. The molecule has 0 bridgehead atoms. The van der Waals surface area contributed by atoms with Crippen molar-refractivity contribution in [2.45, 2.75) is 38.6 Å². The second kappa shape index (κ2) is 7.67. The van der Waals surface area contributed by atoms with E-state index in [1.165, 1.54) is 25.7 Å². The van der Waals surface area contributed by atoms with Crippen LogP contribution in [0.2, 0.25) is 0 Å². The number of amides is 1.